The van der Waals surface area contributed by atoms with Crippen LogP contribution in [0.5, 0.6) is 5.75 Å². The van der Waals surface area contributed by atoms with Gasteiger partial charge in [0.15, 0.2) is 12.4 Å². The molecule has 15 heteroatoms. The maximum Gasteiger partial charge on any atom is 0.317 e. The molecule has 8 N–H and O–H groups in total. The first-order valence-electron chi connectivity index (χ1n) is 23.9. The Hall–Kier alpha value is -2.70. The summed E-state index contributed by atoms with van der Waals surface area (Å²) in [5.41, 5.74) is -0.615. The van der Waals surface area contributed by atoms with Gasteiger partial charge in [0.25, 0.3) is 0 Å². The number of allylic oxidation sites excluding steroid dienone is 2. The van der Waals surface area contributed by atoms with Crippen molar-refractivity contribution in [1.82, 2.24) is 0 Å². The lowest BCUT2D eigenvalue weighted by Crippen LogP contribution is -2.68. The first-order chi connectivity index (χ1) is 30.4. The third-order valence-electron chi connectivity index (χ3n) is 18.6. The van der Waals surface area contributed by atoms with E-state index in [1.165, 1.54) is 17.7 Å². The number of esters is 2. The molecule has 0 bridgehead atoms. The first kappa shape index (κ1) is 48.7. The molecule has 6 fully saturated rings. The van der Waals surface area contributed by atoms with Crippen LogP contribution in [0.4, 0.5) is 0 Å². The van der Waals surface area contributed by atoms with Crippen LogP contribution < -0.4 is 0 Å². The van der Waals surface area contributed by atoms with Gasteiger partial charge in [-0.1, -0.05) is 72.2 Å². The summed E-state index contributed by atoms with van der Waals surface area (Å²) >= 11 is 0. The molecule has 4 saturated carbocycles. The molecule has 0 unspecified atom stereocenters. The monoisotopic (exact) mass is 915 g/mol. The second kappa shape index (κ2) is 17.4. The number of phenolic OH excluding ortho intramolecular Hbond substituents is 1. The number of hydrogen-bond acceptors (Lipinski definition) is 15. The minimum atomic E-state index is -1.86. The summed E-state index contributed by atoms with van der Waals surface area (Å²) in [6, 6.07) is 6.29. The van der Waals surface area contributed by atoms with Crippen LogP contribution in [-0.2, 0) is 39.7 Å². The number of rotatable bonds is 9. The Bertz CT molecular complexity index is 1950. The Morgan fingerprint density at radius 1 is 0.769 bits per heavy atom. The molecule has 364 valence electrons. The first-order valence-corrected chi connectivity index (χ1v) is 23.9. The molecule has 2 saturated heterocycles. The number of hydrogen-bond donors (Lipinski definition) is 8. The van der Waals surface area contributed by atoms with Gasteiger partial charge in [-0.3, -0.25) is 9.59 Å². The molecule has 1 aromatic carbocycles. The molecule has 0 aromatic heterocycles. The van der Waals surface area contributed by atoms with E-state index in [4.69, 9.17) is 23.7 Å². The Labute approximate surface area is 382 Å². The zero-order valence-corrected chi connectivity index (χ0v) is 39.1. The van der Waals surface area contributed by atoms with Crippen molar-refractivity contribution in [2.24, 2.45) is 50.2 Å². The zero-order chi connectivity index (χ0) is 47.2. The lowest BCUT2D eigenvalue weighted by Gasteiger charge is -2.71. The fourth-order valence-corrected chi connectivity index (χ4v) is 14.5. The number of aryl methyl sites for hydroxylation is 1. The predicted molar refractivity (Wildman–Crippen MR) is 233 cm³/mol. The third-order valence-corrected chi connectivity index (χ3v) is 18.6. The molecule has 1 aromatic rings. The molecule has 2 aliphatic heterocycles. The topological polar surface area (TPSA) is 242 Å². The van der Waals surface area contributed by atoms with Crippen LogP contribution in [0.3, 0.4) is 0 Å². The van der Waals surface area contributed by atoms with Gasteiger partial charge < -0.3 is 64.5 Å². The van der Waals surface area contributed by atoms with Gasteiger partial charge in [0.1, 0.15) is 47.8 Å². The lowest BCUT2D eigenvalue weighted by molar-refractivity contribution is -0.347. The van der Waals surface area contributed by atoms with Crippen molar-refractivity contribution in [2.75, 3.05) is 13.2 Å². The number of benzene rings is 1. The summed E-state index contributed by atoms with van der Waals surface area (Å²) in [6.45, 7) is 14.7. The number of aliphatic hydroxyl groups is 7. The van der Waals surface area contributed by atoms with Crippen LogP contribution in [0.2, 0.25) is 0 Å². The number of aliphatic hydroxyl groups excluding tert-OH is 7. The Balaban J connectivity index is 1.11. The van der Waals surface area contributed by atoms with Gasteiger partial charge in [0.05, 0.1) is 25.4 Å². The van der Waals surface area contributed by atoms with Crippen molar-refractivity contribution >= 4 is 11.9 Å². The standard InChI is InChI=1S/C50H74O15/c1-45(2)20-21-50(29(22-45)28-13-14-33-47(5)18-17-34(54)46(3,4)32(47)16-19-48(33,6)49(28,7)23-35(50)55)44(60)65-43-41(63-36(56)15-10-26-8-11-27(52)12-9-26)40(30(53)25-61-43)64-42-39(59)38(58)37(57)31(24-51)62-42/h8-9,11-13,29-35,37-43,51-55,57-59H,10,14-25H2,1-7H3/t29-,30+,31+,32-,33+,34-,35+,37+,38-,39+,40+,41-,42-,43-,47-,48+,49+,50+/m0/s1. The maximum atomic E-state index is 15.4. The van der Waals surface area contributed by atoms with Crippen molar-refractivity contribution in [3.63, 3.8) is 0 Å². The van der Waals surface area contributed by atoms with Crippen LogP contribution in [-0.4, -0.2) is 134 Å². The third kappa shape index (κ3) is 7.99. The van der Waals surface area contributed by atoms with Crippen LogP contribution in [0.25, 0.3) is 0 Å². The summed E-state index contributed by atoms with van der Waals surface area (Å²) in [6.07, 6.45) is -7.64. The number of fused-ring (bicyclic) bond motifs is 7. The van der Waals surface area contributed by atoms with Crippen LogP contribution in [0, 0.1) is 50.2 Å². The molecule has 2 heterocycles. The quantitative estimate of drug-likeness (QED) is 0.130. The molecular weight excluding hydrogens is 841 g/mol. The van der Waals surface area contributed by atoms with Crippen LogP contribution in [0.1, 0.15) is 118 Å². The van der Waals surface area contributed by atoms with Crippen molar-refractivity contribution < 1.29 is 74.1 Å². The summed E-state index contributed by atoms with van der Waals surface area (Å²) in [5.74, 6) is -1.21. The average molecular weight is 915 g/mol. The molecule has 0 amide bonds. The lowest BCUT2D eigenvalue weighted by atomic mass is 9.33. The molecule has 18 atom stereocenters. The highest BCUT2D eigenvalue weighted by Gasteiger charge is 2.72. The van der Waals surface area contributed by atoms with Crippen molar-refractivity contribution in [1.29, 1.82) is 0 Å². The highest BCUT2D eigenvalue weighted by molar-refractivity contribution is 5.80. The van der Waals surface area contributed by atoms with Gasteiger partial charge in [-0.2, -0.15) is 0 Å². The van der Waals surface area contributed by atoms with Crippen molar-refractivity contribution in [2.45, 2.75) is 187 Å². The number of carbonyl (C=O) groups excluding carboxylic acids is 2. The summed E-state index contributed by atoms with van der Waals surface area (Å²) in [5, 5.41) is 86.9. The second-order valence-corrected chi connectivity index (χ2v) is 22.9. The van der Waals surface area contributed by atoms with E-state index in [1.807, 2.05) is 0 Å². The fourth-order valence-electron chi connectivity index (χ4n) is 14.5. The molecule has 7 aliphatic rings. The van der Waals surface area contributed by atoms with Gasteiger partial charge >= 0.3 is 11.9 Å². The summed E-state index contributed by atoms with van der Waals surface area (Å²) < 4.78 is 30.0. The molecule has 0 radical (unpaired) electrons. The smallest absolute Gasteiger partial charge is 0.317 e. The van der Waals surface area contributed by atoms with E-state index in [-0.39, 0.29) is 46.4 Å². The van der Waals surface area contributed by atoms with Gasteiger partial charge in [-0.15, -0.1) is 0 Å². The van der Waals surface area contributed by atoms with Gasteiger partial charge in [0, 0.05) is 6.42 Å². The Morgan fingerprint density at radius 3 is 2.17 bits per heavy atom. The van der Waals surface area contributed by atoms with E-state index in [0.717, 1.165) is 37.7 Å². The maximum absolute atomic E-state index is 15.4. The molecule has 5 aliphatic carbocycles. The van der Waals surface area contributed by atoms with E-state index in [2.05, 4.69) is 54.5 Å². The van der Waals surface area contributed by atoms with E-state index >= 15 is 4.79 Å². The predicted octanol–water partition coefficient (Wildman–Crippen LogP) is 3.82. The van der Waals surface area contributed by atoms with E-state index < -0.39 is 103 Å². The van der Waals surface area contributed by atoms with Crippen LogP contribution >= 0.6 is 0 Å². The normalized spacial score (nSPS) is 46.6. The average Bonchev–Trinajstić information content (AvgIpc) is 3.24. The van der Waals surface area contributed by atoms with Crippen molar-refractivity contribution in [3.8, 4) is 5.75 Å². The minimum Gasteiger partial charge on any atom is -0.508 e. The van der Waals surface area contributed by atoms with Crippen LogP contribution in [0.15, 0.2) is 35.9 Å². The van der Waals surface area contributed by atoms with E-state index in [0.29, 0.717) is 37.5 Å². The number of ether oxygens (including phenoxy) is 5. The Morgan fingerprint density at radius 2 is 1.48 bits per heavy atom. The largest absolute Gasteiger partial charge is 0.508 e. The minimum absolute atomic E-state index is 0.0291. The van der Waals surface area contributed by atoms with Gasteiger partial charge in [-0.25, -0.2) is 0 Å². The fraction of sp³-hybridized carbons (Fsp3) is 0.800. The summed E-state index contributed by atoms with van der Waals surface area (Å²) in [7, 11) is 0. The summed E-state index contributed by atoms with van der Waals surface area (Å²) in [4.78, 5) is 29.0. The number of phenols is 1. The number of carbonyl (C=O) groups is 2. The molecule has 8 rings (SSSR count). The molecule has 65 heavy (non-hydrogen) atoms. The second-order valence-electron chi connectivity index (χ2n) is 22.9. The molecule has 15 nitrogen and oxygen atoms in total. The highest BCUT2D eigenvalue weighted by atomic mass is 16.8. The highest BCUT2D eigenvalue weighted by Crippen LogP contribution is 2.76. The van der Waals surface area contributed by atoms with Gasteiger partial charge in [0.2, 0.25) is 6.29 Å². The Kier molecular flexibility index (Phi) is 13.0. The molecular formula is C50H74O15. The number of aromatic hydroxyl groups is 1. The van der Waals surface area contributed by atoms with E-state index in [1.54, 1.807) is 12.1 Å². The zero-order valence-electron chi connectivity index (χ0n) is 39.1. The van der Waals surface area contributed by atoms with E-state index in [9.17, 15) is 45.6 Å². The molecule has 0 spiro atoms. The van der Waals surface area contributed by atoms with Gasteiger partial charge in [-0.05, 0) is 127 Å². The van der Waals surface area contributed by atoms with Crippen molar-refractivity contribution in [3.05, 3.63) is 41.5 Å². The SMILES string of the molecule is CC1(C)CC[C@]2(C(=O)O[C@@H]3OC[C@@H](O)[C@@H](O[C@@H]4O[C@H](CO)[C@@H](O)[C@H](O)[C@H]4O)[C@@H]3OC(=O)CCc3ccc(O)cc3)[C@H](O)C[C@]3(C)C(=CC[C@@H]4[C@@]5(C)CC[C@H](O)C(C)(C)[C@@H]5CC[C@]43C)[C@@H]2C1.